The molecule has 1 atom stereocenters. The number of halogens is 1. The van der Waals surface area contributed by atoms with E-state index in [9.17, 15) is 9.59 Å². The van der Waals surface area contributed by atoms with Crippen molar-refractivity contribution in [1.82, 2.24) is 5.32 Å². The molecule has 1 aromatic heterocycles. The van der Waals surface area contributed by atoms with Crippen molar-refractivity contribution in [2.24, 2.45) is 5.92 Å². The zero-order chi connectivity index (χ0) is 21.1. The Bertz CT molecular complexity index is 1120. The average Bonchev–Trinajstić information content (AvgIpc) is 2.77. The van der Waals surface area contributed by atoms with Crippen molar-refractivity contribution in [3.05, 3.63) is 68.3 Å². The molecule has 1 unspecified atom stereocenters. The first-order valence-corrected chi connectivity index (χ1v) is 11.0. The van der Waals surface area contributed by atoms with E-state index in [4.69, 9.17) is 9.15 Å². The summed E-state index contributed by atoms with van der Waals surface area (Å²) in [6, 6.07) is 12.8. The van der Waals surface area contributed by atoms with Crippen LogP contribution in [0.25, 0.3) is 22.3 Å². The van der Waals surface area contributed by atoms with E-state index in [0.29, 0.717) is 33.7 Å². The van der Waals surface area contributed by atoms with Gasteiger partial charge in [0.2, 0.25) is 0 Å². The summed E-state index contributed by atoms with van der Waals surface area (Å²) in [4.78, 5) is 25.9. The van der Waals surface area contributed by atoms with Gasteiger partial charge in [-0.05, 0) is 57.3 Å². The van der Waals surface area contributed by atoms with Gasteiger partial charge in [-0.15, -0.1) is 0 Å². The molecule has 2 heterocycles. The quantitative estimate of drug-likeness (QED) is 0.527. The first-order chi connectivity index (χ1) is 14.5. The fraction of sp³-hybridized carbons (Fsp3) is 0.333. The number of fused-ring (bicyclic) bond motifs is 1. The van der Waals surface area contributed by atoms with Gasteiger partial charge in [0, 0.05) is 15.6 Å². The minimum Gasteiger partial charge on any atom is -0.462 e. The van der Waals surface area contributed by atoms with Crippen LogP contribution in [0.5, 0.6) is 0 Å². The van der Waals surface area contributed by atoms with Crippen molar-refractivity contribution in [3.8, 4) is 11.3 Å². The molecule has 1 aliphatic heterocycles. The zero-order valence-electron chi connectivity index (χ0n) is 16.9. The Balaban J connectivity index is 1.67. The maximum Gasteiger partial charge on any atom is 0.342 e. The van der Waals surface area contributed by atoms with Crippen LogP contribution in [0.1, 0.15) is 35.2 Å². The number of carbonyl (C=O) groups excluding carboxylic acids is 1. The van der Waals surface area contributed by atoms with Crippen molar-refractivity contribution < 1.29 is 13.9 Å². The number of hydrogen-bond donors (Lipinski definition) is 1. The summed E-state index contributed by atoms with van der Waals surface area (Å²) >= 11 is 3.41. The van der Waals surface area contributed by atoms with Crippen LogP contribution in [0.4, 0.5) is 0 Å². The molecule has 0 amide bonds. The molecule has 1 fully saturated rings. The van der Waals surface area contributed by atoms with Crippen LogP contribution >= 0.6 is 15.9 Å². The topological polar surface area (TPSA) is 68.5 Å². The van der Waals surface area contributed by atoms with E-state index in [2.05, 4.69) is 21.2 Å². The Kier molecular flexibility index (Phi) is 6.35. The smallest absolute Gasteiger partial charge is 0.342 e. The third kappa shape index (κ3) is 4.35. The summed E-state index contributed by atoms with van der Waals surface area (Å²) in [5.41, 5.74) is 1.67. The number of hydrogen-bond acceptors (Lipinski definition) is 5. The molecule has 0 saturated carbocycles. The molecule has 30 heavy (non-hydrogen) atoms. The Morgan fingerprint density at radius 1 is 1.27 bits per heavy atom. The van der Waals surface area contributed by atoms with E-state index in [1.807, 2.05) is 30.3 Å². The minimum atomic E-state index is -0.476. The minimum absolute atomic E-state index is 0.154. The monoisotopic (exact) mass is 469 g/mol. The van der Waals surface area contributed by atoms with E-state index in [1.165, 1.54) is 0 Å². The predicted octanol–water partition coefficient (Wildman–Crippen LogP) is 5.08. The lowest BCUT2D eigenvalue weighted by molar-refractivity contribution is 0.0478. The highest BCUT2D eigenvalue weighted by Gasteiger charge is 2.21. The fourth-order valence-corrected chi connectivity index (χ4v) is 4.40. The average molecular weight is 470 g/mol. The van der Waals surface area contributed by atoms with Crippen LogP contribution in [0.15, 0.2) is 56.1 Å². The Hall–Kier alpha value is -2.44. The second-order valence-corrected chi connectivity index (χ2v) is 8.63. The summed E-state index contributed by atoms with van der Waals surface area (Å²) < 4.78 is 12.3. The Morgan fingerprint density at radius 3 is 2.80 bits per heavy atom. The van der Waals surface area contributed by atoms with Crippen LogP contribution in [0.3, 0.4) is 0 Å². The van der Waals surface area contributed by atoms with Gasteiger partial charge in [0.25, 0.3) is 0 Å². The van der Waals surface area contributed by atoms with Gasteiger partial charge in [0.05, 0.1) is 12.0 Å². The first kappa shape index (κ1) is 20.8. The van der Waals surface area contributed by atoms with Crippen molar-refractivity contribution in [2.45, 2.75) is 26.2 Å². The summed E-state index contributed by atoms with van der Waals surface area (Å²) in [6.07, 6.45) is 3.13. The van der Waals surface area contributed by atoms with Crippen LogP contribution in [0, 0.1) is 12.8 Å². The highest BCUT2D eigenvalue weighted by atomic mass is 79.9. The highest BCUT2D eigenvalue weighted by Crippen LogP contribution is 2.30. The van der Waals surface area contributed by atoms with Gasteiger partial charge in [-0.2, -0.15) is 0 Å². The molecule has 4 rings (SSSR count). The van der Waals surface area contributed by atoms with Gasteiger partial charge >= 0.3 is 5.97 Å². The lowest BCUT2D eigenvalue weighted by atomic mass is 9.97. The van der Waals surface area contributed by atoms with E-state index >= 15 is 0 Å². The number of esters is 1. The molecular weight excluding hydrogens is 446 g/mol. The van der Waals surface area contributed by atoms with Gasteiger partial charge in [0.1, 0.15) is 11.3 Å². The molecule has 6 heteroatoms. The number of carbonyl (C=O) groups is 1. The van der Waals surface area contributed by atoms with Crippen LogP contribution in [-0.4, -0.2) is 25.7 Å². The zero-order valence-corrected chi connectivity index (χ0v) is 18.5. The largest absolute Gasteiger partial charge is 0.462 e. The molecule has 156 valence electrons. The summed E-state index contributed by atoms with van der Waals surface area (Å²) in [6.45, 7) is 4.11. The first-order valence-electron chi connectivity index (χ1n) is 10.2. The third-order valence-corrected chi connectivity index (χ3v) is 6.06. The molecule has 0 aliphatic carbocycles. The standard InChI is InChI=1S/C24H24BrNO4/c1-15-21(27)19-12-18(25)13-20(23(19)30-22(15)17-7-3-2-4-8-17)24(28)29-11-9-16-6-5-10-26-14-16/h2-4,7-8,12-13,16,26H,5-6,9-11,14H2,1H3. The number of nitrogens with one attached hydrogen (secondary N) is 1. The van der Waals surface area contributed by atoms with Gasteiger partial charge < -0.3 is 14.5 Å². The normalized spacial score (nSPS) is 16.5. The van der Waals surface area contributed by atoms with Crippen molar-refractivity contribution in [3.63, 3.8) is 0 Å². The second-order valence-electron chi connectivity index (χ2n) is 7.72. The molecular formula is C24H24BrNO4. The molecule has 0 radical (unpaired) electrons. The van der Waals surface area contributed by atoms with E-state index < -0.39 is 5.97 Å². The van der Waals surface area contributed by atoms with E-state index in [1.54, 1.807) is 19.1 Å². The maximum absolute atomic E-state index is 13.0. The molecule has 5 nitrogen and oxygen atoms in total. The number of benzene rings is 2. The number of rotatable bonds is 5. The van der Waals surface area contributed by atoms with Crippen LogP contribution in [-0.2, 0) is 4.74 Å². The molecule has 0 spiro atoms. The fourth-order valence-electron chi connectivity index (χ4n) is 3.94. The third-order valence-electron chi connectivity index (χ3n) is 5.60. The Morgan fingerprint density at radius 2 is 2.07 bits per heavy atom. The molecule has 2 aromatic carbocycles. The second kappa shape index (κ2) is 9.14. The highest BCUT2D eigenvalue weighted by molar-refractivity contribution is 9.10. The number of piperidine rings is 1. The maximum atomic E-state index is 13.0. The Labute approximate surface area is 183 Å². The molecule has 1 aliphatic rings. The van der Waals surface area contributed by atoms with Crippen LogP contribution in [0.2, 0.25) is 0 Å². The van der Waals surface area contributed by atoms with E-state index in [-0.39, 0.29) is 16.6 Å². The molecule has 1 N–H and O–H groups in total. The van der Waals surface area contributed by atoms with Crippen molar-refractivity contribution in [1.29, 1.82) is 0 Å². The molecule has 0 bridgehead atoms. The van der Waals surface area contributed by atoms with Crippen LogP contribution < -0.4 is 10.7 Å². The SMILES string of the molecule is Cc1c(-c2ccccc2)oc2c(C(=O)OCCC3CCCNC3)cc(Br)cc2c1=O. The lowest BCUT2D eigenvalue weighted by Crippen LogP contribution is -2.30. The molecule has 3 aromatic rings. The lowest BCUT2D eigenvalue weighted by Gasteiger charge is -2.22. The van der Waals surface area contributed by atoms with Gasteiger partial charge in [0.15, 0.2) is 11.0 Å². The van der Waals surface area contributed by atoms with Crippen molar-refractivity contribution in [2.75, 3.05) is 19.7 Å². The van der Waals surface area contributed by atoms with Crippen molar-refractivity contribution >= 4 is 32.9 Å². The molecule has 1 saturated heterocycles. The van der Waals surface area contributed by atoms with Gasteiger partial charge in [-0.25, -0.2) is 4.79 Å². The van der Waals surface area contributed by atoms with E-state index in [0.717, 1.165) is 37.9 Å². The summed E-state index contributed by atoms with van der Waals surface area (Å²) in [5.74, 6) is 0.518. The predicted molar refractivity (Wildman–Crippen MR) is 121 cm³/mol. The number of ether oxygens (including phenoxy) is 1. The van der Waals surface area contributed by atoms with Gasteiger partial charge in [-0.3, -0.25) is 4.79 Å². The van der Waals surface area contributed by atoms with Gasteiger partial charge in [-0.1, -0.05) is 46.3 Å². The summed E-state index contributed by atoms with van der Waals surface area (Å²) in [5, 5.41) is 3.74. The summed E-state index contributed by atoms with van der Waals surface area (Å²) in [7, 11) is 0.